The van der Waals surface area contributed by atoms with Crippen LogP contribution in [0.5, 0.6) is 0 Å². The standard InChI is InChI=1S/C41H47N5O4/c1-28(42-26-38(48)36-19-20-39(43-25-36)46-29(2)9-10-30(46)3)21-32-11-13-33(14-12-32)23-40(49)44-24-34-15-17-35(18-16-34)41(50)45-37(27-47)22-31-7-5-4-6-8-31/h4-20,25,28,37-38,42,47-48H,21-24,26-27H2,1-3H3,(H,44,49)(H,45,50)/t28?,37-,38-/m1/s1. The lowest BCUT2D eigenvalue weighted by molar-refractivity contribution is -0.120. The summed E-state index contributed by atoms with van der Waals surface area (Å²) in [5, 5.41) is 29.8. The average molecular weight is 674 g/mol. The first-order valence-electron chi connectivity index (χ1n) is 17.1. The predicted octanol–water partition coefficient (Wildman–Crippen LogP) is 4.94. The Hall–Kier alpha value is -5.09. The zero-order valence-corrected chi connectivity index (χ0v) is 29.0. The summed E-state index contributed by atoms with van der Waals surface area (Å²) in [6.07, 6.45) is 2.66. The number of pyridine rings is 1. The molecule has 0 radical (unpaired) electrons. The minimum Gasteiger partial charge on any atom is -0.394 e. The van der Waals surface area contributed by atoms with Gasteiger partial charge >= 0.3 is 0 Å². The van der Waals surface area contributed by atoms with Crippen LogP contribution in [0.15, 0.2) is 109 Å². The normalized spacial score (nSPS) is 13.0. The molecule has 5 aromatic rings. The molecule has 1 unspecified atom stereocenters. The monoisotopic (exact) mass is 673 g/mol. The van der Waals surface area contributed by atoms with E-state index in [1.807, 2.05) is 92.7 Å². The van der Waals surface area contributed by atoms with Crippen LogP contribution in [0.1, 0.15) is 62.6 Å². The molecule has 9 nitrogen and oxygen atoms in total. The van der Waals surface area contributed by atoms with Crippen LogP contribution in [0.3, 0.4) is 0 Å². The number of aliphatic hydroxyl groups excluding tert-OH is 2. The SMILES string of the molecule is Cc1ccc(C)n1-c1ccc([C@H](O)CNC(C)Cc2ccc(CC(=O)NCc3ccc(C(=O)N[C@@H](CO)Cc4ccccc4)cc3)cc2)cn1. The van der Waals surface area contributed by atoms with Gasteiger partial charge in [0.05, 0.1) is 25.2 Å². The number of nitrogens with zero attached hydrogens (tertiary/aromatic N) is 2. The zero-order valence-electron chi connectivity index (χ0n) is 29.0. The van der Waals surface area contributed by atoms with Crippen LogP contribution in [0.2, 0.25) is 0 Å². The number of aliphatic hydroxyl groups is 2. The molecule has 0 fully saturated rings. The Bertz CT molecular complexity index is 1800. The Morgan fingerprint density at radius 3 is 2.06 bits per heavy atom. The molecule has 0 saturated heterocycles. The Balaban J connectivity index is 1.01. The van der Waals surface area contributed by atoms with Crippen LogP contribution in [0.4, 0.5) is 0 Å². The predicted molar refractivity (Wildman–Crippen MR) is 196 cm³/mol. The first-order valence-corrected chi connectivity index (χ1v) is 17.1. The van der Waals surface area contributed by atoms with Crippen LogP contribution in [0, 0.1) is 13.8 Å². The van der Waals surface area contributed by atoms with Crippen molar-refractivity contribution in [1.29, 1.82) is 0 Å². The minimum absolute atomic E-state index is 0.0866. The largest absolute Gasteiger partial charge is 0.394 e. The van der Waals surface area contributed by atoms with Gasteiger partial charge in [0.2, 0.25) is 5.91 Å². The molecule has 260 valence electrons. The molecule has 0 saturated carbocycles. The van der Waals surface area contributed by atoms with Gasteiger partial charge < -0.3 is 30.7 Å². The molecule has 0 aliphatic heterocycles. The molecule has 50 heavy (non-hydrogen) atoms. The maximum atomic E-state index is 12.7. The van der Waals surface area contributed by atoms with E-state index in [1.165, 1.54) is 0 Å². The molecule has 5 rings (SSSR count). The average Bonchev–Trinajstić information content (AvgIpc) is 3.47. The highest BCUT2D eigenvalue weighted by Gasteiger charge is 2.15. The molecule has 2 heterocycles. The number of aryl methyl sites for hydroxylation is 2. The molecule has 0 aliphatic rings. The van der Waals surface area contributed by atoms with Gasteiger partial charge in [-0.15, -0.1) is 0 Å². The van der Waals surface area contributed by atoms with Crippen molar-refractivity contribution in [3.05, 3.63) is 154 Å². The van der Waals surface area contributed by atoms with Gasteiger partial charge in [-0.3, -0.25) is 9.59 Å². The summed E-state index contributed by atoms with van der Waals surface area (Å²) in [6, 6.07) is 32.6. The van der Waals surface area contributed by atoms with Crippen molar-refractivity contribution in [2.24, 2.45) is 0 Å². The molecule has 0 spiro atoms. The zero-order chi connectivity index (χ0) is 35.5. The lowest BCUT2D eigenvalue weighted by Crippen LogP contribution is -2.39. The van der Waals surface area contributed by atoms with Gasteiger partial charge in [-0.2, -0.15) is 0 Å². The van der Waals surface area contributed by atoms with Gasteiger partial charge in [0, 0.05) is 47.8 Å². The first-order chi connectivity index (χ1) is 24.2. The number of hydrogen-bond acceptors (Lipinski definition) is 6. The molecule has 2 aromatic heterocycles. The molecule has 5 N–H and O–H groups in total. The van der Waals surface area contributed by atoms with Crippen molar-refractivity contribution in [2.75, 3.05) is 13.2 Å². The minimum atomic E-state index is -0.668. The highest BCUT2D eigenvalue weighted by molar-refractivity contribution is 5.94. The Morgan fingerprint density at radius 2 is 1.42 bits per heavy atom. The lowest BCUT2D eigenvalue weighted by atomic mass is 10.0. The molecule has 0 aliphatic carbocycles. The summed E-state index contributed by atoms with van der Waals surface area (Å²) >= 11 is 0. The van der Waals surface area contributed by atoms with Crippen molar-refractivity contribution < 1.29 is 19.8 Å². The Morgan fingerprint density at radius 1 is 0.780 bits per heavy atom. The van der Waals surface area contributed by atoms with Crippen molar-refractivity contribution in [3.63, 3.8) is 0 Å². The first kappa shape index (κ1) is 36.2. The number of aromatic nitrogens is 2. The second-order valence-electron chi connectivity index (χ2n) is 12.9. The smallest absolute Gasteiger partial charge is 0.251 e. The van der Waals surface area contributed by atoms with Gasteiger partial charge in [-0.05, 0) is 86.2 Å². The van der Waals surface area contributed by atoms with E-state index in [4.69, 9.17) is 0 Å². The summed E-state index contributed by atoms with van der Waals surface area (Å²) in [4.78, 5) is 30.0. The molecule has 9 heteroatoms. The van der Waals surface area contributed by atoms with Gasteiger partial charge in [0.15, 0.2) is 0 Å². The fraction of sp³-hybridized carbons (Fsp3) is 0.293. The van der Waals surface area contributed by atoms with Crippen molar-refractivity contribution in [2.45, 2.75) is 64.8 Å². The number of hydrogen-bond donors (Lipinski definition) is 5. The van der Waals surface area contributed by atoms with Crippen molar-refractivity contribution in [3.8, 4) is 5.82 Å². The lowest BCUT2D eigenvalue weighted by Gasteiger charge is -2.18. The number of benzene rings is 3. The van der Waals surface area contributed by atoms with E-state index < -0.39 is 6.10 Å². The van der Waals surface area contributed by atoms with Crippen LogP contribution in [-0.4, -0.2) is 56.8 Å². The summed E-state index contributed by atoms with van der Waals surface area (Å²) in [7, 11) is 0. The van der Waals surface area contributed by atoms with Gasteiger partial charge in [0.25, 0.3) is 5.91 Å². The molecule has 3 atom stereocenters. The number of nitrogens with one attached hydrogen (secondary N) is 3. The summed E-state index contributed by atoms with van der Waals surface area (Å²) in [6.45, 7) is 6.80. The highest BCUT2D eigenvalue weighted by atomic mass is 16.3. The fourth-order valence-corrected chi connectivity index (χ4v) is 5.96. The highest BCUT2D eigenvalue weighted by Crippen LogP contribution is 2.18. The summed E-state index contributed by atoms with van der Waals surface area (Å²) < 4.78 is 2.09. The maximum Gasteiger partial charge on any atom is 0.251 e. The van der Waals surface area contributed by atoms with Crippen LogP contribution in [-0.2, 0) is 30.6 Å². The number of rotatable bonds is 16. The van der Waals surface area contributed by atoms with Crippen molar-refractivity contribution in [1.82, 2.24) is 25.5 Å². The fourth-order valence-electron chi connectivity index (χ4n) is 5.96. The van der Waals surface area contributed by atoms with Crippen LogP contribution in [0.25, 0.3) is 5.82 Å². The number of carbonyl (C=O) groups excluding carboxylic acids is 2. The third-order valence-corrected chi connectivity index (χ3v) is 8.83. The third-order valence-electron chi connectivity index (χ3n) is 8.83. The van der Waals surface area contributed by atoms with Crippen LogP contribution >= 0.6 is 0 Å². The van der Waals surface area contributed by atoms with E-state index in [-0.39, 0.29) is 36.9 Å². The van der Waals surface area contributed by atoms with E-state index in [9.17, 15) is 19.8 Å². The second kappa shape index (κ2) is 17.5. The van der Waals surface area contributed by atoms with E-state index >= 15 is 0 Å². The topological polar surface area (TPSA) is 129 Å². The Labute approximate surface area is 294 Å². The molecular formula is C41H47N5O4. The Kier molecular flexibility index (Phi) is 12.7. The summed E-state index contributed by atoms with van der Waals surface area (Å²) in [5.74, 6) is 0.500. The molecule has 0 bridgehead atoms. The third kappa shape index (κ3) is 10.2. The summed E-state index contributed by atoms with van der Waals surface area (Å²) in [5.41, 5.74) is 7.48. The van der Waals surface area contributed by atoms with Crippen molar-refractivity contribution >= 4 is 11.8 Å². The van der Waals surface area contributed by atoms with E-state index in [2.05, 4.69) is 44.6 Å². The van der Waals surface area contributed by atoms with Gasteiger partial charge in [0.1, 0.15) is 5.82 Å². The van der Waals surface area contributed by atoms with Crippen LogP contribution < -0.4 is 16.0 Å². The quantitative estimate of drug-likeness (QED) is 0.101. The maximum absolute atomic E-state index is 12.7. The molecule has 2 amide bonds. The second-order valence-corrected chi connectivity index (χ2v) is 12.9. The molecular weight excluding hydrogens is 626 g/mol. The van der Waals surface area contributed by atoms with E-state index in [0.717, 1.165) is 51.4 Å². The van der Waals surface area contributed by atoms with Gasteiger partial charge in [-0.25, -0.2) is 4.98 Å². The van der Waals surface area contributed by atoms with Gasteiger partial charge in [-0.1, -0.05) is 72.8 Å². The van der Waals surface area contributed by atoms with E-state index in [0.29, 0.717) is 25.1 Å². The van der Waals surface area contributed by atoms with E-state index in [1.54, 1.807) is 18.3 Å². The number of amides is 2. The molecule has 3 aromatic carbocycles. The number of carbonyl (C=O) groups is 2.